The summed E-state index contributed by atoms with van der Waals surface area (Å²) in [6, 6.07) is 11.4. The Kier molecular flexibility index (Phi) is 6.30. The van der Waals surface area contributed by atoms with E-state index < -0.39 is 17.3 Å². The van der Waals surface area contributed by atoms with Gasteiger partial charge in [0.25, 0.3) is 5.56 Å². The Morgan fingerprint density at radius 3 is 2.65 bits per heavy atom. The number of morpholine rings is 1. The Morgan fingerprint density at radius 1 is 1.19 bits per heavy atom. The zero-order valence-corrected chi connectivity index (χ0v) is 18.6. The number of anilines is 1. The summed E-state index contributed by atoms with van der Waals surface area (Å²) in [6.07, 6.45) is 1.23. The molecule has 0 bridgehead atoms. The minimum Gasteiger partial charge on any atom is -0.494 e. The van der Waals surface area contributed by atoms with Crippen LogP contribution in [0.2, 0.25) is 0 Å². The summed E-state index contributed by atoms with van der Waals surface area (Å²) >= 11 is 8.68. The fraction of sp³-hybridized carbons (Fsp3) is 0.190. The van der Waals surface area contributed by atoms with Gasteiger partial charge in [-0.25, -0.2) is 4.39 Å². The molecule has 1 aliphatic heterocycles. The molecule has 1 aromatic heterocycles. The fourth-order valence-electron chi connectivity index (χ4n) is 3.29. The first-order valence-corrected chi connectivity index (χ1v) is 10.7. The number of halogens is 2. The van der Waals surface area contributed by atoms with Crippen molar-refractivity contribution < 1.29 is 14.2 Å². The summed E-state index contributed by atoms with van der Waals surface area (Å²) in [7, 11) is 0. The van der Waals surface area contributed by atoms with E-state index in [0.29, 0.717) is 18.9 Å². The molecule has 31 heavy (non-hydrogen) atoms. The zero-order valence-electron chi connectivity index (χ0n) is 16.2. The van der Waals surface area contributed by atoms with Crippen LogP contribution < -0.4 is 10.5 Å². The van der Waals surface area contributed by atoms with Gasteiger partial charge in [0.15, 0.2) is 4.77 Å². The number of para-hydroxylation sites is 1. The maximum absolute atomic E-state index is 14.2. The number of nitrogens with one attached hydrogen (secondary N) is 1. The predicted octanol–water partition coefficient (Wildman–Crippen LogP) is 4.09. The van der Waals surface area contributed by atoms with Crippen LogP contribution in [0.1, 0.15) is 5.56 Å². The highest BCUT2D eigenvalue weighted by Crippen LogP contribution is 2.31. The second-order valence-electron chi connectivity index (χ2n) is 6.78. The lowest BCUT2D eigenvalue weighted by Crippen LogP contribution is -2.36. The van der Waals surface area contributed by atoms with Gasteiger partial charge >= 0.3 is 0 Å². The molecular weight excluding hydrogens is 487 g/mol. The van der Waals surface area contributed by atoms with Crippen LogP contribution in [0.3, 0.4) is 0 Å². The molecule has 1 fully saturated rings. The molecule has 2 heterocycles. The van der Waals surface area contributed by atoms with E-state index in [1.807, 2.05) is 18.2 Å². The maximum Gasteiger partial charge on any atom is 0.264 e. The van der Waals surface area contributed by atoms with Gasteiger partial charge in [-0.05, 0) is 58.5 Å². The smallest absolute Gasteiger partial charge is 0.264 e. The number of aromatic hydroxyl groups is 1. The number of nitrogens with zero attached hydrogens (tertiary/aromatic N) is 3. The third-order valence-corrected chi connectivity index (χ3v) is 5.76. The molecule has 4 rings (SSSR count). The molecule has 160 valence electrons. The first-order chi connectivity index (χ1) is 15.0. The van der Waals surface area contributed by atoms with E-state index in [2.05, 4.69) is 30.8 Å². The van der Waals surface area contributed by atoms with Gasteiger partial charge in [0.2, 0.25) is 5.88 Å². The highest BCUT2D eigenvalue weighted by Gasteiger charge is 2.16. The van der Waals surface area contributed by atoms with Gasteiger partial charge in [0.1, 0.15) is 11.4 Å². The van der Waals surface area contributed by atoms with Gasteiger partial charge < -0.3 is 14.7 Å². The molecule has 2 aromatic carbocycles. The second-order valence-corrected chi connectivity index (χ2v) is 8.02. The van der Waals surface area contributed by atoms with Crippen LogP contribution in [0.25, 0.3) is 5.69 Å². The number of ether oxygens (including phenoxy) is 1. The molecule has 0 unspecified atom stereocenters. The lowest BCUT2D eigenvalue weighted by atomic mass is 10.2. The number of H-pyrrole nitrogens is 1. The number of rotatable bonds is 4. The largest absolute Gasteiger partial charge is 0.494 e. The topological polar surface area (TPSA) is 82.8 Å². The summed E-state index contributed by atoms with van der Waals surface area (Å²) in [5.41, 5.74) is 0.861. The molecule has 0 aliphatic carbocycles. The van der Waals surface area contributed by atoms with Crippen molar-refractivity contribution in [2.45, 2.75) is 0 Å². The predicted molar refractivity (Wildman–Crippen MR) is 123 cm³/mol. The first-order valence-electron chi connectivity index (χ1n) is 9.45. The average Bonchev–Trinajstić information content (AvgIpc) is 2.75. The molecular formula is C21H18BrFN4O3S. The van der Waals surface area contributed by atoms with Gasteiger partial charge in [-0.15, -0.1) is 0 Å². The Balaban J connectivity index is 1.69. The lowest BCUT2D eigenvalue weighted by Gasteiger charge is -2.29. The molecule has 7 nitrogen and oxygen atoms in total. The monoisotopic (exact) mass is 504 g/mol. The molecule has 0 saturated carbocycles. The van der Waals surface area contributed by atoms with E-state index >= 15 is 0 Å². The molecule has 3 aromatic rings. The van der Waals surface area contributed by atoms with Gasteiger partial charge in [-0.3, -0.25) is 19.3 Å². The maximum atomic E-state index is 14.2. The van der Waals surface area contributed by atoms with Gasteiger partial charge in [-0.2, -0.15) is 0 Å². The Bertz CT molecular complexity index is 1270. The van der Waals surface area contributed by atoms with Gasteiger partial charge in [-0.1, -0.05) is 12.1 Å². The fourth-order valence-corrected chi connectivity index (χ4v) is 4.18. The number of aliphatic imine (C=N–C) groups is 1. The van der Waals surface area contributed by atoms with Crippen LogP contribution in [0.5, 0.6) is 5.88 Å². The van der Waals surface area contributed by atoms with Gasteiger partial charge in [0.05, 0.1) is 30.3 Å². The van der Waals surface area contributed by atoms with Crippen LogP contribution >= 0.6 is 28.1 Å². The summed E-state index contributed by atoms with van der Waals surface area (Å²) < 4.78 is 21.4. The number of aromatic nitrogens is 2. The standard InChI is InChI=1S/C21H18BrFN4O3S/c22-15-11-13(5-6-17(15)26-7-9-30-10-8-26)24-12-14-19(28)25-21(31)27(20(14)29)18-4-2-1-3-16(18)23/h1-6,11-12,29H,7-10H2,(H,25,28,31). The van der Waals surface area contributed by atoms with Crippen molar-refractivity contribution in [2.24, 2.45) is 4.99 Å². The number of hydrogen-bond acceptors (Lipinski definition) is 6. The van der Waals surface area contributed by atoms with E-state index in [-0.39, 0.29) is 16.0 Å². The van der Waals surface area contributed by atoms with Gasteiger partial charge in [0, 0.05) is 23.8 Å². The van der Waals surface area contributed by atoms with Crippen LogP contribution in [-0.4, -0.2) is 47.2 Å². The zero-order chi connectivity index (χ0) is 22.0. The van der Waals surface area contributed by atoms with Crippen molar-refractivity contribution in [1.82, 2.24) is 9.55 Å². The van der Waals surface area contributed by atoms with Crippen molar-refractivity contribution in [3.63, 3.8) is 0 Å². The highest BCUT2D eigenvalue weighted by molar-refractivity contribution is 9.10. The molecule has 10 heteroatoms. The Hall–Kier alpha value is -2.82. The molecule has 2 N–H and O–H groups in total. The normalized spacial score (nSPS) is 14.3. The quantitative estimate of drug-likeness (QED) is 0.413. The SMILES string of the molecule is O=c1[nH]c(=S)n(-c2ccccc2F)c(O)c1C=Nc1ccc(N2CCOCC2)c(Br)c1. The number of aromatic amines is 1. The third-order valence-electron chi connectivity index (χ3n) is 4.84. The number of hydrogen-bond donors (Lipinski definition) is 2. The molecule has 1 saturated heterocycles. The minimum absolute atomic E-state index is 0.0218. The summed E-state index contributed by atoms with van der Waals surface area (Å²) in [6.45, 7) is 2.95. The Labute approximate surface area is 190 Å². The molecule has 0 radical (unpaired) electrons. The van der Waals surface area contributed by atoms with Crippen LogP contribution in [-0.2, 0) is 4.74 Å². The lowest BCUT2D eigenvalue weighted by molar-refractivity contribution is 0.122. The van der Waals surface area contributed by atoms with Crippen molar-refractivity contribution in [1.29, 1.82) is 0 Å². The summed E-state index contributed by atoms with van der Waals surface area (Å²) in [5, 5.41) is 10.7. The van der Waals surface area contributed by atoms with Crippen molar-refractivity contribution in [2.75, 3.05) is 31.2 Å². The van der Waals surface area contributed by atoms with Crippen LogP contribution in [0, 0.1) is 10.6 Å². The molecule has 0 amide bonds. The molecule has 0 spiro atoms. The van der Waals surface area contributed by atoms with Crippen LogP contribution in [0.15, 0.2) is 56.7 Å². The van der Waals surface area contributed by atoms with Crippen molar-refractivity contribution in [3.05, 3.63) is 73.4 Å². The number of benzene rings is 2. The minimum atomic E-state index is -0.622. The highest BCUT2D eigenvalue weighted by atomic mass is 79.9. The van der Waals surface area contributed by atoms with Crippen molar-refractivity contribution in [3.8, 4) is 11.6 Å². The van der Waals surface area contributed by atoms with E-state index in [1.54, 1.807) is 6.07 Å². The summed E-state index contributed by atoms with van der Waals surface area (Å²) in [4.78, 5) is 21.3. The van der Waals surface area contributed by atoms with E-state index in [0.717, 1.165) is 27.8 Å². The molecule has 0 atom stereocenters. The first kappa shape index (κ1) is 21.4. The van der Waals surface area contributed by atoms with E-state index in [1.165, 1.54) is 24.4 Å². The van der Waals surface area contributed by atoms with E-state index in [9.17, 15) is 14.3 Å². The second kappa shape index (κ2) is 9.13. The average molecular weight is 505 g/mol. The Morgan fingerprint density at radius 2 is 1.94 bits per heavy atom. The summed E-state index contributed by atoms with van der Waals surface area (Å²) in [5.74, 6) is -1.09. The van der Waals surface area contributed by atoms with Crippen LogP contribution in [0.4, 0.5) is 15.8 Å². The third kappa shape index (κ3) is 4.46. The molecule has 1 aliphatic rings. The van der Waals surface area contributed by atoms with Crippen molar-refractivity contribution >= 4 is 45.7 Å². The van der Waals surface area contributed by atoms with E-state index in [4.69, 9.17) is 17.0 Å².